The van der Waals surface area contributed by atoms with Crippen LogP contribution in [0.4, 0.5) is 20.6 Å². The molecule has 5 nitrogen and oxygen atoms in total. The molecule has 0 spiro atoms. The molecule has 0 saturated heterocycles. The van der Waals surface area contributed by atoms with Crippen LogP contribution in [0.25, 0.3) is 0 Å². The van der Waals surface area contributed by atoms with Crippen LogP contribution in [0.5, 0.6) is 0 Å². The smallest absolute Gasteiger partial charge is 0.319 e. The molecule has 0 saturated carbocycles. The molecule has 0 radical (unpaired) electrons. The summed E-state index contributed by atoms with van der Waals surface area (Å²) in [5.41, 5.74) is 1.16. The Morgan fingerprint density at radius 2 is 1.48 bits per heavy atom. The predicted octanol–water partition coefficient (Wildman–Crippen LogP) is 3.74. The Morgan fingerprint density at radius 1 is 0.913 bits per heavy atom. The zero-order valence-electron chi connectivity index (χ0n) is 12.1. The lowest BCUT2D eigenvalue weighted by Gasteiger charge is -2.08. The Kier molecular flexibility index (Phi) is 6.10. The molecule has 0 fully saturated rings. The third-order valence-electron chi connectivity index (χ3n) is 2.87. The molecular weight excluding hydrogens is 365 g/mol. The highest BCUT2D eigenvalue weighted by Crippen LogP contribution is 2.13. The molecule has 0 atom stereocenters. The van der Waals surface area contributed by atoms with Crippen molar-refractivity contribution in [1.29, 1.82) is 0 Å². The molecule has 23 heavy (non-hydrogen) atoms. The third kappa shape index (κ3) is 6.07. The molecule has 2 aromatic carbocycles. The average molecular weight is 380 g/mol. The van der Waals surface area contributed by atoms with E-state index in [1.807, 2.05) is 12.1 Å². The Morgan fingerprint density at radius 3 is 2.13 bits per heavy atom. The van der Waals surface area contributed by atoms with E-state index in [0.717, 1.165) is 4.47 Å². The molecule has 2 aromatic rings. The van der Waals surface area contributed by atoms with E-state index in [9.17, 15) is 14.0 Å². The van der Waals surface area contributed by atoms with Gasteiger partial charge in [-0.3, -0.25) is 4.79 Å². The van der Waals surface area contributed by atoms with Gasteiger partial charge in [0.05, 0.1) is 0 Å². The van der Waals surface area contributed by atoms with Crippen LogP contribution in [0.3, 0.4) is 0 Å². The van der Waals surface area contributed by atoms with Gasteiger partial charge in [-0.05, 0) is 48.5 Å². The number of hydrogen-bond donors (Lipinski definition) is 3. The van der Waals surface area contributed by atoms with E-state index < -0.39 is 0 Å². The summed E-state index contributed by atoms with van der Waals surface area (Å²) >= 11 is 3.31. The van der Waals surface area contributed by atoms with Crippen LogP contribution in [0, 0.1) is 5.82 Å². The molecule has 0 aliphatic carbocycles. The summed E-state index contributed by atoms with van der Waals surface area (Å²) in [6.07, 6.45) is 0.116. The fourth-order valence-electron chi connectivity index (χ4n) is 1.75. The maximum Gasteiger partial charge on any atom is 0.319 e. The lowest BCUT2D eigenvalue weighted by atomic mass is 10.3. The van der Waals surface area contributed by atoms with Gasteiger partial charge in [0.25, 0.3) is 0 Å². The number of amides is 3. The summed E-state index contributed by atoms with van der Waals surface area (Å²) in [7, 11) is 0. The molecule has 0 aliphatic rings. The standard InChI is InChI=1S/C16H15BrFN3O2/c17-11-1-5-14(6-2-11)21-16(23)19-10-9-15(22)20-13-7-3-12(18)4-8-13/h1-8H,9-10H2,(H,20,22)(H2,19,21,23). The highest BCUT2D eigenvalue weighted by atomic mass is 79.9. The second-order valence-corrected chi connectivity index (χ2v) is 5.61. The number of carbonyl (C=O) groups excluding carboxylic acids is 2. The molecule has 0 aromatic heterocycles. The van der Waals surface area contributed by atoms with Crippen molar-refractivity contribution >= 4 is 39.2 Å². The number of benzene rings is 2. The van der Waals surface area contributed by atoms with Crippen LogP contribution < -0.4 is 16.0 Å². The van der Waals surface area contributed by atoms with Crippen molar-refractivity contribution in [3.63, 3.8) is 0 Å². The minimum Gasteiger partial charge on any atom is -0.337 e. The molecule has 7 heteroatoms. The van der Waals surface area contributed by atoms with E-state index in [1.165, 1.54) is 24.3 Å². The molecule has 3 amide bonds. The zero-order valence-corrected chi connectivity index (χ0v) is 13.7. The van der Waals surface area contributed by atoms with Crippen LogP contribution in [-0.2, 0) is 4.79 Å². The lowest BCUT2D eigenvalue weighted by Crippen LogP contribution is -2.31. The van der Waals surface area contributed by atoms with Crippen molar-refractivity contribution < 1.29 is 14.0 Å². The first-order chi connectivity index (χ1) is 11.0. The average Bonchev–Trinajstić information content (AvgIpc) is 2.52. The van der Waals surface area contributed by atoms with E-state index in [1.54, 1.807) is 12.1 Å². The van der Waals surface area contributed by atoms with Gasteiger partial charge in [-0.15, -0.1) is 0 Å². The normalized spacial score (nSPS) is 10.0. The fraction of sp³-hybridized carbons (Fsp3) is 0.125. The number of anilines is 2. The van der Waals surface area contributed by atoms with Gasteiger partial charge in [0.15, 0.2) is 0 Å². The van der Waals surface area contributed by atoms with Crippen LogP contribution in [-0.4, -0.2) is 18.5 Å². The van der Waals surface area contributed by atoms with E-state index in [2.05, 4.69) is 31.9 Å². The second-order valence-electron chi connectivity index (χ2n) is 4.69. The van der Waals surface area contributed by atoms with Crippen LogP contribution in [0.2, 0.25) is 0 Å². The minimum absolute atomic E-state index is 0.116. The van der Waals surface area contributed by atoms with E-state index in [-0.39, 0.29) is 30.7 Å². The fourth-order valence-corrected chi connectivity index (χ4v) is 2.02. The number of carbonyl (C=O) groups is 2. The van der Waals surface area contributed by atoms with Crippen molar-refractivity contribution in [1.82, 2.24) is 5.32 Å². The summed E-state index contributed by atoms with van der Waals surface area (Å²) in [5, 5.41) is 7.86. The first kappa shape index (κ1) is 17.0. The van der Waals surface area contributed by atoms with Crippen LogP contribution in [0.1, 0.15) is 6.42 Å². The first-order valence-electron chi connectivity index (χ1n) is 6.89. The second kappa shape index (κ2) is 8.28. The van der Waals surface area contributed by atoms with Crippen LogP contribution >= 0.6 is 15.9 Å². The number of rotatable bonds is 5. The van der Waals surface area contributed by atoms with Crippen LogP contribution in [0.15, 0.2) is 53.0 Å². The molecular formula is C16H15BrFN3O2. The number of hydrogen-bond acceptors (Lipinski definition) is 2. The van der Waals surface area contributed by atoms with Crippen molar-refractivity contribution in [2.45, 2.75) is 6.42 Å². The Bertz CT molecular complexity index is 615. The van der Waals surface area contributed by atoms with Gasteiger partial charge >= 0.3 is 6.03 Å². The quantitative estimate of drug-likeness (QED) is 0.740. The summed E-state index contributed by atoms with van der Waals surface area (Å²) in [5.74, 6) is -0.630. The predicted molar refractivity (Wildman–Crippen MR) is 90.8 cm³/mol. The van der Waals surface area contributed by atoms with Crippen molar-refractivity contribution in [2.75, 3.05) is 17.2 Å². The summed E-state index contributed by atoms with van der Waals surface area (Å²) < 4.78 is 13.7. The monoisotopic (exact) mass is 379 g/mol. The molecule has 0 bridgehead atoms. The zero-order chi connectivity index (χ0) is 16.7. The molecule has 120 valence electrons. The van der Waals surface area contributed by atoms with Gasteiger partial charge in [0, 0.05) is 28.8 Å². The summed E-state index contributed by atoms with van der Waals surface area (Å²) in [4.78, 5) is 23.4. The van der Waals surface area contributed by atoms with E-state index in [0.29, 0.717) is 11.4 Å². The first-order valence-corrected chi connectivity index (χ1v) is 7.68. The maximum absolute atomic E-state index is 12.7. The van der Waals surface area contributed by atoms with E-state index >= 15 is 0 Å². The number of urea groups is 1. The van der Waals surface area contributed by atoms with Crippen molar-refractivity contribution in [2.24, 2.45) is 0 Å². The summed E-state index contributed by atoms with van der Waals surface area (Å²) in [6.45, 7) is 0.190. The van der Waals surface area contributed by atoms with Gasteiger partial charge in [0.2, 0.25) is 5.91 Å². The van der Waals surface area contributed by atoms with Gasteiger partial charge in [0.1, 0.15) is 5.82 Å². The molecule has 3 N–H and O–H groups in total. The Labute approximate surface area is 141 Å². The van der Waals surface area contributed by atoms with Crippen molar-refractivity contribution in [3.05, 3.63) is 58.8 Å². The maximum atomic E-state index is 12.7. The van der Waals surface area contributed by atoms with Gasteiger partial charge in [-0.25, -0.2) is 9.18 Å². The van der Waals surface area contributed by atoms with Gasteiger partial charge in [-0.2, -0.15) is 0 Å². The molecule has 0 aliphatic heterocycles. The van der Waals surface area contributed by atoms with E-state index in [4.69, 9.17) is 0 Å². The van der Waals surface area contributed by atoms with Gasteiger partial charge < -0.3 is 16.0 Å². The number of halogens is 2. The molecule has 0 heterocycles. The topological polar surface area (TPSA) is 70.2 Å². The Balaban J connectivity index is 1.69. The van der Waals surface area contributed by atoms with Gasteiger partial charge in [-0.1, -0.05) is 15.9 Å². The highest BCUT2D eigenvalue weighted by molar-refractivity contribution is 9.10. The number of nitrogens with one attached hydrogen (secondary N) is 3. The Hall–Kier alpha value is -2.41. The van der Waals surface area contributed by atoms with Crippen molar-refractivity contribution in [3.8, 4) is 0 Å². The highest BCUT2D eigenvalue weighted by Gasteiger charge is 2.05. The third-order valence-corrected chi connectivity index (χ3v) is 3.40. The lowest BCUT2D eigenvalue weighted by molar-refractivity contribution is -0.116. The molecule has 0 unspecified atom stereocenters. The molecule has 2 rings (SSSR count). The minimum atomic E-state index is -0.387. The SMILES string of the molecule is O=C(CCNC(=O)Nc1ccc(Br)cc1)Nc1ccc(F)cc1. The largest absolute Gasteiger partial charge is 0.337 e. The summed E-state index contributed by atoms with van der Waals surface area (Å²) in [6, 6.07) is 12.2.